The fourth-order valence-corrected chi connectivity index (χ4v) is 3.66. The van der Waals surface area contributed by atoms with Crippen LogP contribution in [-0.2, 0) is 33.7 Å². The van der Waals surface area contributed by atoms with Crippen molar-refractivity contribution in [3.63, 3.8) is 0 Å². The molecule has 3 rings (SSSR count). The minimum atomic E-state index is -0.883. The van der Waals surface area contributed by atoms with Crippen LogP contribution >= 0.6 is 0 Å². The number of carbonyl (C=O) groups excluding carboxylic acids is 3. The molecule has 0 unspecified atom stereocenters. The van der Waals surface area contributed by atoms with Crippen molar-refractivity contribution < 1.29 is 19.1 Å². The van der Waals surface area contributed by atoms with Crippen LogP contribution in [0.1, 0.15) is 53.2 Å². The third kappa shape index (κ3) is 5.53. The molecule has 5 nitrogen and oxygen atoms in total. The summed E-state index contributed by atoms with van der Waals surface area (Å²) in [5, 5.41) is 0. The smallest absolute Gasteiger partial charge is 0.307 e. The van der Waals surface area contributed by atoms with E-state index in [-0.39, 0.29) is 24.5 Å². The molecule has 2 aromatic carbocycles. The molecule has 1 amide bonds. The van der Waals surface area contributed by atoms with E-state index in [4.69, 9.17) is 4.74 Å². The molecule has 0 bridgehead atoms. The molecule has 5 heteroatoms. The largest absolute Gasteiger partial charge is 0.453 e. The average molecular weight is 393 g/mol. The third-order valence-electron chi connectivity index (χ3n) is 5.27. The Balaban J connectivity index is 1.45. The number of amides is 1. The summed E-state index contributed by atoms with van der Waals surface area (Å²) in [4.78, 5) is 38.5. The van der Waals surface area contributed by atoms with Crippen molar-refractivity contribution >= 4 is 17.7 Å². The van der Waals surface area contributed by atoms with Gasteiger partial charge < -0.3 is 9.64 Å². The zero-order valence-electron chi connectivity index (χ0n) is 17.0. The fourth-order valence-electron chi connectivity index (χ4n) is 3.66. The molecule has 152 valence electrons. The molecule has 1 aliphatic rings. The van der Waals surface area contributed by atoms with Crippen LogP contribution in [-0.4, -0.2) is 35.7 Å². The highest BCUT2D eigenvalue weighted by atomic mass is 16.5. The van der Waals surface area contributed by atoms with Crippen LogP contribution in [0.15, 0.2) is 48.5 Å². The third-order valence-corrected chi connectivity index (χ3v) is 5.27. The molecule has 0 radical (unpaired) electrons. The second-order valence-electron chi connectivity index (χ2n) is 7.57. The van der Waals surface area contributed by atoms with Crippen LogP contribution in [0.5, 0.6) is 0 Å². The molecule has 0 saturated carbocycles. The maximum absolute atomic E-state index is 12.4. The Hall–Kier alpha value is -2.95. The molecule has 0 aromatic heterocycles. The van der Waals surface area contributed by atoms with Crippen molar-refractivity contribution in [2.75, 3.05) is 7.05 Å². The minimum Gasteiger partial charge on any atom is -0.453 e. The molecular formula is C24H27NO4. The number of fused-ring (bicyclic) bond motifs is 1. The van der Waals surface area contributed by atoms with Crippen LogP contribution in [0, 0.1) is 0 Å². The van der Waals surface area contributed by atoms with E-state index in [0.29, 0.717) is 12.1 Å². The van der Waals surface area contributed by atoms with Gasteiger partial charge in [0.15, 0.2) is 11.9 Å². The average Bonchev–Trinajstić information content (AvgIpc) is 3.20. The maximum atomic E-state index is 12.4. The molecule has 1 atom stereocenters. The van der Waals surface area contributed by atoms with Crippen LogP contribution in [0.3, 0.4) is 0 Å². The van der Waals surface area contributed by atoms with Gasteiger partial charge in [0.1, 0.15) is 0 Å². The van der Waals surface area contributed by atoms with Crippen molar-refractivity contribution in [1.82, 2.24) is 4.90 Å². The monoisotopic (exact) mass is 393 g/mol. The molecule has 0 N–H and O–H groups in total. The second kappa shape index (κ2) is 9.50. The van der Waals surface area contributed by atoms with Crippen LogP contribution in [0.25, 0.3) is 0 Å². The highest BCUT2D eigenvalue weighted by Gasteiger charge is 2.22. The zero-order valence-corrected chi connectivity index (χ0v) is 17.0. The van der Waals surface area contributed by atoms with Crippen molar-refractivity contribution in [1.29, 1.82) is 0 Å². The van der Waals surface area contributed by atoms with Crippen molar-refractivity contribution in [2.24, 2.45) is 0 Å². The number of aryl methyl sites for hydroxylation is 2. The number of ether oxygens (including phenoxy) is 1. The SMILES string of the molecule is C[C@@H](OC(=O)CCC(=O)c1ccc2c(c1)CCC2)C(=O)N(C)Cc1ccccc1. The summed E-state index contributed by atoms with van der Waals surface area (Å²) in [5.74, 6) is -0.877. The van der Waals surface area contributed by atoms with Gasteiger partial charge >= 0.3 is 5.97 Å². The number of esters is 1. The van der Waals surface area contributed by atoms with E-state index in [9.17, 15) is 14.4 Å². The lowest BCUT2D eigenvalue weighted by atomic mass is 10.0. The Morgan fingerprint density at radius 1 is 1.00 bits per heavy atom. The molecular weight excluding hydrogens is 366 g/mol. The number of ketones is 1. The summed E-state index contributed by atoms with van der Waals surface area (Å²) in [6, 6.07) is 15.4. The lowest BCUT2D eigenvalue weighted by molar-refractivity contribution is -0.158. The highest BCUT2D eigenvalue weighted by Crippen LogP contribution is 2.23. The van der Waals surface area contributed by atoms with Crippen molar-refractivity contribution in [3.05, 3.63) is 70.8 Å². The number of nitrogens with zero attached hydrogens (tertiary/aromatic N) is 1. The van der Waals surface area contributed by atoms with E-state index < -0.39 is 12.1 Å². The van der Waals surface area contributed by atoms with E-state index in [0.717, 1.165) is 24.8 Å². The molecule has 29 heavy (non-hydrogen) atoms. The van der Waals surface area contributed by atoms with E-state index in [1.165, 1.54) is 16.0 Å². The van der Waals surface area contributed by atoms with Gasteiger partial charge in [-0.1, -0.05) is 42.5 Å². The van der Waals surface area contributed by atoms with Crippen LogP contribution < -0.4 is 0 Å². The summed E-state index contributed by atoms with van der Waals surface area (Å²) in [7, 11) is 1.68. The van der Waals surface area contributed by atoms with Gasteiger partial charge in [0.05, 0.1) is 6.42 Å². The lowest BCUT2D eigenvalue weighted by Gasteiger charge is -2.21. The van der Waals surface area contributed by atoms with E-state index in [1.54, 1.807) is 14.0 Å². The van der Waals surface area contributed by atoms with Gasteiger partial charge in [0.2, 0.25) is 0 Å². The molecule has 0 fully saturated rings. The fraction of sp³-hybridized carbons (Fsp3) is 0.375. The number of hydrogen-bond donors (Lipinski definition) is 0. The summed E-state index contributed by atoms with van der Waals surface area (Å²) < 4.78 is 5.25. The van der Waals surface area contributed by atoms with E-state index >= 15 is 0 Å². The first kappa shape index (κ1) is 20.8. The first-order valence-corrected chi connectivity index (χ1v) is 10.1. The summed E-state index contributed by atoms with van der Waals surface area (Å²) in [6.07, 6.45) is 2.37. The van der Waals surface area contributed by atoms with Crippen molar-refractivity contribution in [2.45, 2.75) is 51.7 Å². The Morgan fingerprint density at radius 2 is 1.72 bits per heavy atom. The quantitative estimate of drug-likeness (QED) is 0.506. The Kier molecular flexibility index (Phi) is 6.81. The van der Waals surface area contributed by atoms with Crippen molar-refractivity contribution in [3.8, 4) is 0 Å². The highest BCUT2D eigenvalue weighted by molar-refractivity contribution is 5.98. The molecule has 0 spiro atoms. The topological polar surface area (TPSA) is 63.7 Å². The standard InChI is InChI=1S/C24H27NO4/c1-17(24(28)25(2)16-18-7-4-3-5-8-18)29-23(27)14-13-22(26)21-12-11-19-9-6-10-20(19)15-21/h3-5,7-8,11-12,15,17H,6,9-10,13-14,16H2,1-2H3/t17-/m1/s1. The van der Waals surface area contributed by atoms with Gasteiger partial charge in [-0.05, 0) is 48.9 Å². The van der Waals surface area contributed by atoms with Crippen LogP contribution in [0.4, 0.5) is 0 Å². The number of rotatable bonds is 8. The summed E-state index contributed by atoms with van der Waals surface area (Å²) in [6.45, 7) is 2.00. The van der Waals surface area contributed by atoms with Gasteiger partial charge in [0, 0.05) is 25.6 Å². The van der Waals surface area contributed by atoms with Gasteiger partial charge in [-0.3, -0.25) is 14.4 Å². The number of likely N-dealkylation sites (N-methyl/N-ethyl adjacent to an activating group) is 1. The van der Waals surface area contributed by atoms with Gasteiger partial charge in [-0.2, -0.15) is 0 Å². The minimum absolute atomic E-state index is 0.0318. The number of carbonyl (C=O) groups is 3. The first-order valence-electron chi connectivity index (χ1n) is 10.1. The maximum Gasteiger partial charge on any atom is 0.307 e. The number of benzene rings is 2. The lowest BCUT2D eigenvalue weighted by Crippen LogP contribution is -2.37. The molecule has 0 heterocycles. The molecule has 0 aliphatic heterocycles. The van der Waals surface area contributed by atoms with E-state index in [1.807, 2.05) is 48.5 Å². The van der Waals surface area contributed by atoms with Crippen LogP contribution in [0.2, 0.25) is 0 Å². The normalized spacial score (nSPS) is 13.4. The van der Waals surface area contributed by atoms with Gasteiger partial charge in [-0.15, -0.1) is 0 Å². The molecule has 2 aromatic rings. The van der Waals surface area contributed by atoms with Gasteiger partial charge in [-0.25, -0.2) is 0 Å². The molecule has 1 aliphatic carbocycles. The number of Topliss-reactive ketones (excluding diaryl/α,β-unsaturated/α-hetero) is 1. The first-order chi connectivity index (χ1) is 13.9. The van der Waals surface area contributed by atoms with E-state index in [2.05, 4.69) is 0 Å². The Morgan fingerprint density at radius 3 is 2.48 bits per heavy atom. The molecule has 0 saturated heterocycles. The second-order valence-corrected chi connectivity index (χ2v) is 7.57. The summed E-state index contributed by atoms with van der Waals surface area (Å²) in [5.41, 5.74) is 4.19. The van der Waals surface area contributed by atoms with Gasteiger partial charge in [0.25, 0.3) is 5.91 Å². The summed E-state index contributed by atoms with van der Waals surface area (Å²) >= 11 is 0. The predicted octanol–water partition coefficient (Wildman–Crippen LogP) is 3.73. The Bertz CT molecular complexity index is 891. The predicted molar refractivity (Wildman–Crippen MR) is 111 cm³/mol. The zero-order chi connectivity index (χ0) is 20.8. The Labute approximate surface area is 171 Å². The number of hydrogen-bond acceptors (Lipinski definition) is 4.